The van der Waals surface area contributed by atoms with Crippen molar-refractivity contribution in [2.45, 2.75) is 6.92 Å². The molecule has 0 aliphatic carbocycles. The molecule has 8 nitrogen and oxygen atoms in total. The standard InChI is InChI=1S/C18H15ClN4O4S2/c1-10(24)21-17-22-13(9-28-17)15(25)20-6-7-23-16(26)14(29-18(23)27)8-11-2-4-12(19)5-3-11/h2-5,8-9H,6-7H2,1H3,(H,20,25)(H,21,22,24)/b14-8-. The van der Waals surface area contributed by atoms with Gasteiger partial charge in [0.05, 0.1) is 4.91 Å². The topological polar surface area (TPSA) is 108 Å². The molecule has 0 bridgehead atoms. The summed E-state index contributed by atoms with van der Waals surface area (Å²) in [5, 5.41) is 7.11. The summed E-state index contributed by atoms with van der Waals surface area (Å²) in [6, 6.07) is 6.89. The van der Waals surface area contributed by atoms with E-state index in [9.17, 15) is 19.2 Å². The minimum Gasteiger partial charge on any atom is -0.349 e. The van der Waals surface area contributed by atoms with Gasteiger partial charge in [-0.1, -0.05) is 23.7 Å². The molecule has 0 radical (unpaired) electrons. The molecule has 3 rings (SSSR count). The Morgan fingerprint density at radius 1 is 1.24 bits per heavy atom. The lowest BCUT2D eigenvalue weighted by Gasteiger charge is -2.12. The number of imide groups is 1. The van der Waals surface area contributed by atoms with Crippen molar-refractivity contribution < 1.29 is 19.2 Å². The minimum atomic E-state index is -0.457. The van der Waals surface area contributed by atoms with E-state index in [1.807, 2.05) is 0 Å². The second kappa shape index (κ2) is 9.21. The van der Waals surface area contributed by atoms with Crippen molar-refractivity contribution in [3.8, 4) is 0 Å². The molecule has 11 heteroatoms. The summed E-state index contributed by atoms with van der Waals surface area (Å²) in [5.74, 6) is -1.15. The van der Waals surface area contributed by atoms with Gasteiger partial charge in [0.2, 0.25) is 5.91 Å². The molecule has 1 aliphatic rings. The molecule has 0 atom stereocenters. The predicted octanol–water partition coefficient (Wildman–Crippen LogP) is 3.22. The van der Waals surface area contributed by atoms with Crippen molar-refractivity contribution in [3.05, 3.63) is 50.8 Å². The van der Waals surface area contributed by atoms with Gasteiger partial charge in [-0.15, -0.1) is 11.3 Å². The van der Waals surface area contributed by atoms with Gasteiger partial charge in [0.15, 0.2) is 5.13 Å². The van der Waals surface area contributed by atoms with Crippen LogP contribution in [-0.4, -0.2) is 45.9 Å². The van der Waals surface area contributed by atoms with Crippen LogP contribution in [0, 0.1) is 0 Å². The van der Waals surface area contributed by atoms with E-state index in [0.29, 0.717) is 15.1 Å². The highest BCUT2D eigenvalue weighted by Crippen LogP contribution is 2.32. The normalized spacial score (nSPS) is 15.1. The first kappa shape index (κ1) is 21.0. The highest BCUT2D eigenvalue weighted by Gasteiger charge is 2.34. The van der Waals surface area contributed by atoms with Gasteiger partial charge in [-0.05, 0) is 35.5 Å². The van der Waals surface area contributed by atoms with Crippen LogP contribution in [0.3, 0.4) is 0 Å². The van der Waals surface area contributed by atoms with Crippen LogP contribution in [0.15, 0.2) is 34.6 Å². The third kappa shape index (κ3) is 5.43. The second-order valence-electron chi connectivity index (χ2n) is 5.86. The molecule has 2 N–H and O–H groups in total. The van der Waals surface area contributed by atoms with E-state index >= 15 is 0 Å². The molecule has 4 amide bonds. The summed E-state index contributed by atoms with van der Waals surface area (Å²) < 4.78 is 0. The van der Waals surface area contributed by atoms with Crippen LogP contribution in [0.4, 0.5) is 9.93 Å². The van der Waals surface area contributed by atoms with Gasteiger partial charge in [-0.3, -0.25) is 24.1 Å². The predicted molar refractivity (Wildman–Crippen MR) is 113 cm³/mol. The number of aromatic nitrogens is 1. The number of hydrogen-bond acceptors (Lipinski definition) is 7. The van der Waals surface area contributed by atoms with E-state index in [4.69, 9.17) is 11.6 Å². The Morgan fingerprint density at radius 2 is 1.97 bits per heavy atom. The Bertz CT molecular complexity index is 1000. The highest BCUT2D eigenvalue weighted by molar-refractivity contribution is 8.18. The van der Waals surface area contributed by atoms with Gasteiger partial charge in [-0.2, -0.15) is 0 Å². The van der Waals surface area contributed by atoms with Crippen molar-refractivity contribution in [2.24, 2.45) is 0 Å². The number of nitrogens with zero attached hydrogens (tertiary/aromatic N) is 2. The number of thioether (sulfide) groups is 1. The van der Waals surface area contributed by atoms with E-state index in [1.54, 1.807) is 30.3 Å². The molecule has 1 aromatic carbocycles. The number of rotatable bonds is 6. The summed E-state index contributed by atoms with van der Waals surface area (Å²) in [7, 11) is 0. The monoisotopic (exact) mass is 450 g/mol. The lowest BCUT2D eigenvalue weighted by atomic mass is 10.2. The number of carbonyl (C=O) groups is 4. The Kier molecular flexibility index (Phi) is 6.68. The van der Waals surface area contributed by atoms with E-state index in [0.717, 1.165) is 33.6 Å². The van der Waals surface area contributed by atoms with E-state index in [-0.39, 0.29) is 24.7 Å². The molecular formula is C18H15ClN4O4S2. The van der Waals surface area contributed by atoms with Gasteiger partial charge >= 0.3 is 0 Å². The van der Waals surface area contributed by atoms with Crippen molar-refractivity contribution in [2.75, 3.05) is 18.4 Å². The second-order valence-corrected chi connectivity index (χ2v) is 8.15. The number of carbonyl (C=O) groups excluding carboxylic acids is 4. The maximum atomic E-state index is 12.5. The molecule has 1 aliphatic heterocycles. The Labute approximate surface area is 179 Å². The molecule has 150 valence electrons. The van der Waals surface area contributed by atoms with Gasteiger partial charge < -0.3 is 10.6 Å². The van der Waals surface area contributed by atoms with Gasteiger partial charge in [0.1, 0.15) is 5.69 Å². The number of benzene rings is 1. The van der Waals surface area contributed by atoms with E-state index in [1.165, 1.54) is 12.3 Å². The minimum absolute atomic E-state index is 0.0387. The van der Waals surface area contributed by atoms with Crippen molar-refractivity contribution in [1.82, 2.24) is 15.2 Å². The van der Waals surface area contributed by atoms with Crippen LogP contribution in [0.25, 0.3) is 6.08 Å². The van der Waals surface area contributed by atoms with Gasteiger partial charge in [0, 0.05) is 30.4 Å². The number of anilines is 1. The fourth-order valence-corrected chi connectivity index (χ4v) is 4.09. The first-order chi connectivity index (χ1) is 13.8. The van der Waals surface area contributed by atoms with Crippen LogP contribution in [0.1, 0.15) is 23.0 Å². The Hall–Kier alpha value is -2.69. The number of amides is 4. The fraction of sp³-hybridized carbons (Fsp3) is 0.167. The highest BCUT2D eigenvalue weighted by atomic mass is 35.5. The molecule has 1 fully saturated rings. The fourth-order valence-electron chi connectivity index (χ4n) is 2.36. The number of thiazole rings is 1. The molecule has 0 spiro atoms. The largest absolute Gasteiger partial charge is 0.349 e. The molecule has 1 aromatic heterocycles. The number of halogens is 1. The molecule has 0 saturated carbocycles. The first-order valence-corrected chi connectivity index (χ1v) is 10.4. The Balaban J connectivity index is 1.55. The van der Waals surface area contributed by atoms with Crippen molar-refractivity contribution in [1.29, 1.82) is 0 Å². The quantitative estimate of drug-likeness (QED) is 0.654. The molecule has 0 unspecified atom stereocenters. The third-order valence-corrected chi connectivity index (χ3v) is 5.60. The molecule has 2 heterocycles. The summed E-state index contributed by atoms with van der Waals surface area (Å²) in [6.07, 6.45) is 1.62. The van der Waals surface area contributed by atoms with Crippen LogP contribution < -0.4 is 10.6 Å². The molecule has 29 heavy (non-hydrogen) atoms. The lowest BCUT2D eigenvalue weighted by molar-refractivity contribution is -0.122. The maximum Gasteiger partial charge on any atom is 0.293 e. The van der Waals surface area contributed by atoms with Crippen LogP contribution >= 0.6 is 34.7 Å². The summed E-state index contributed by atoms with van der Waals surface area (Å²) in [6.45, 7) is 1.47. The average Bonchev–Trinajstić information content (AvgIpc) is 3.23. The van der Waals surface area contributed by atoms with E-state index in [2.05, 4.69) is 15.6 Å². The van der Waals surface area contributed by atoms with Crippen LogP contribution in [0.5, 0.6) is 0 Å². The summed E-state index contributed by atoms with van der Waals surface area (Å²) in [5.41, 5.74) is 0.905. The van der Waals surface area contributed by atoms with Crippen LogP contribution in [0.2, 0.25) is 5.02 Å². The number of nitrogens with one attached hydrogen (secondary N) is 2. The number of hydrogen-bond donors (Lipinski definition) is 2. The zero-order valence-electron chi connectivity index (χ0n) is 15.1. The average molecular weight is 451 g/mol. The molecule has 2 aromatic rings. The zero-order valence-corrected chi connectivity index (χ0v) is 17.5. The Morgan fingerprint density at radius 3 is 2.66 bits per heavy atom. The van der Waals surface area contributed by atoms with E-state index < -0.39 is 17.1 Å². The third-order valence-electron chi connectivity index (χ3n) is 3.68. The maximum absolute atomic E-state index is 12.5. The molecular weight excluding hydrogens is 436 g/mol. The SMILES string of the molecule is CC(=O)Nc1nc(C(=O)NCCN2C(=O)S/C(=C\c3ccc(Cl)cc3)C2=O)cs1. The zero-order chi connectivity index (χ0) is 21.0. The van der Waals surface area contributed by atoms with Crippen molar-refractivity contribution in [3.63, 3.8) is 0 Å². The van der Waals surface area contributed by atoms with Crippen LogP contribution in [-0.2, 0) is 9.59 Å². The van der Waals surface area contributed by atoms with Gasteiger partial charge in [-0.25, -0.2) is 4.98 Å². The lowest BCUT2D eigenvalue weighted by Crippen LogP contribution is -2.37. The smallest absolute Gasteiger partial charge is 0.293 e. The van der Waals surface area contributed by atoms with Gasteiger partial charge in [0.25, 0.3) is 17.1 Å². The first-order valence-electron chi connectivity index (χ1n) is 8.36. The summed E-state index contributed by atoms with van der Waals surface area (Å²) >= 11 is 7.82. The van der Waals surface area contributed by atoms with Crippen molar-refractivity contribution >= 4 is 68.9 Å². The molecule has 1 saturated heterocycles. The summed E-state index contributed by atoms with van der Waals surface area (Å²) in [4.78, 5) is 53.1.